The molecule has 0 aliphatic carbocycles. The number of pyridine rings is 1. The topological polar surface area (TPSA) is 50.3 Å². The molecule has 1 atom stereocenters. The summed E-state index contributed by atoms with van der Waals surface area (Å²) in [6, 6.07) is 7.18. The molecular weight excluding hydrogens is 352 g/mol. The summed E-state index contributed by atoms with van der Waals surface area (Å²) in [5.74, 6) is 0. The highest BCUT2D eigenvalue weighted by Crippen LogP contribution is 2.30. The molecular formula is C15H17BrN2O2S. The largest absolute Gasteiger partial charge is 0.264 e. The summed E-state index contributed by atoms with van der Waals surface area (Å²) in [6.45, 7) is 0.597. The molecule has 3 rings (SSSR count). The Labute approximate surface area is 133 Å². The van der Waals surface area contributed by atoms with Crippen molar-refractivity contribution in [3.63, 3.8) is 0 Å². The summed E-state index contributed by atoms with van der Waals surface area (Å²) >= 11 is 3.45. The van der Waals surface area contributed by atoms with Gasteiger partial charge in [0.15, 0.2) is 0 Å². The molecule has 1 aliphatic rings. The molecule has 1 saturated heterocycles. The SMILES string of the molecule is O=S(=O)(c1cccc2cnccc12)N1CCCCC1CBr. The lowest BCUT2D eigenvalue weighted by molar-refractivity contribution is 0.274. The van der Waals surface area contributed by atoms with Crippen molar-refractivity contribution >= 4 is 36.7 Å². The van der Waals surface area contributed by atoms with Crippen LogP contribution in [-0.4, -0.2) is 35.6 Å². The number of sulfonamides is 1. The molecule has 2 aromatic rings. The molecule has 0 N–H and O–H groups in total. The van der Waals surface area contributed by atoms with E-state index in [0.717, 1.165) is 30.0 Å². The van der Waals surface area contributed by atoms with Crippen LogP contribution in [0.15, 0.2) is 41.6 Å². The van der Waals surface area contributed by atoms with Crippen molar-refractivity contribution in [1.82, 2.24) is 9.29 Å². The van der Waals surface area contributed by atoms with Crippen molar-refractivity contribution in [3.05, 3.63) is 36.7 Å². The molecule has 1 aromatic heterocycles. The lowest BCUT2D eigenvalue weighted by Gasteiger charge is -2.33. The number of hydrogen-bond acceptors (Lipinski definition) is 3. The second kappa shape index (κ2) is 6.02. The quantitative estimate of drug-likeness (QED) is 0.781. The number of halogens is 1. The molecule has 0 bridgehead atoms. The van der Waals surface area contributed by atoms with Gasteiger partial charge in [0, 0.05) is 41.1 Å². The second-order valence-electron chi connectivity index (χ2n) is 5.27. The van der Waals surface area contributed by atoms with Gasteiger partial charge in [-0.25, -0.2) is 8.42 Å². The highest BCUT2D eigenvalue weighted by molar-refractivity contribution is 9.09. The first-order valence-electron chi connectivity index (χ1n) is 7.05. The van der Waals surface area contributed by atoms with Crippen molar-refractivity contribution < 1.29 is 8.42 Å². The summed E-state index contributed by atoms with van der Waals surface area (Å²) in [5, 5.41) is 2.27. The third-order valence-corrected chi connectivity index (χ3v) is 6.74. The van der Waals surface area contributed by atoms with Gasteiger partial charge in [0.25, 0.3) is 0 Å². The second-order valence-corrected chi connectivity index (χ2v) is 7.78. The molecule has 0 spiro atoms. The van der Waals surface area contributed by atoms with Crippen LogP contribution in [0.5, 0.6) is 0 Å². The zero-order valence-corrected chi connectivity index (χ0v) is 14.0. The lowest BCUT2D eigenvalue weighted by Crippen LogP contribution is -2.44. The van der Waals surface area contributed by atoms with Gasteiger partial charge in [-0.15, -0.1) is 0 Å². The van der Waals surface area contributed by atoms with Crippen molar-refractivity contribution in [3.8, 4) is 0 Å². The molecule has 0 radical (unpaired) electrons. The number of hydrogen-bond donors (Lipinski definition) is 0. The number of aromatic nitrogens is 1. The Morgan fingerprint density at radius 3 is 2.95 bits per heavy atom. The van der Waals surface area contributed by atoms with Crippen LogP contribution in [0.25, 0.3) is 10.8 Å². The Hall–Kier alpha value is -0.980. The molecule has 0 saturated carbocycles. The van der Waals surface area contributed by atoms with E-state index in [1.165, 1.54) is 0 Å². The van der Waals surface area contributed by atoms with E-state index in [1.807, 2.05) is 6.07 Å². The fourth-order valence-corrected chi connectivity index (χ4v) is 5.66. The molecule has 21 heavy (non-hydrogen) atoms. The zero-order valence-electron chi connectivity index (χ0n) is 11.6. The summed E-state index contributed by atoms with van der Waals surface area (Å²) in [5.41, 5.74) is 0. The maximum atomic E-state index is 13.1. The average Bonchev–Trinajstić information content (AvgIpc) is 2.54. The van der Waals surface area contributed by atoms with Gasteiger partial charge in [-0.2, -0.15) is 4.31 Å². The van der Waals surface area contributed by atoms with E-state index in [4.69, 9.17) is 0 Å². The third kappa shape index (κ3) is 2.72. The van der Waals surface area contributed by atoms with Crippen molar-refractivity contribution in [2.45, 2.75) is 30.2 Å². The highest BCUT2D eigenvalue weighted by atomic mass is 79.9. The van der Waals surface area contributed by atoms with Crippen LogP contribution in [0, 0.1) is 0 Å². The monoisotopic (exact) mass is 368 g/mol. The number of rotatable bonds is 3. The average molecular weight is 369 g/mol. The molecule has 1 aliphatic heterocycles. The fourth-order valence-electron chi connectivity index (χ4n) is 2.89. The standard InChI is InChI=1S/C15H17BrN2O2S/c16-10-13-5-1-2-9-18(13)21(19,20)15-6-3-4-12-11-17-8-7-14(12)15/h3-4,6-8,11,13H,1-2,5,9-10H2. The summed E-state index contributed by atoms with van der Waals surface area (Å²) < 4.78 is 27.8. The van der Waals surface area contributed by atoms with Gasteiger partial charge in [-0.05, 0) is 25.0 Å². The predicted octanol–water partition coefficient (Wildman–Crippen LogP) is 3.17. The molecule has 1 fully saturated rings. The molecule has 1 aromatic carbocycles. The minimum atomic E-state index is -3.47. The van der Waals surface area contributed by atoms with Gasteiger partial charge in [0.1, 0.15) is 0 Å². The van der Waals surface area contributed by atoms with Gasteiger partial charge < -0.3 is 0 Å². The molecule has 4 nitrogen and oxygen atoms in total. The van der Waals surface area contributed by atoms with Crippen LogP contribution < -0.4 is 0 Å². The first kappa shape index (κ1) is 14.9. The first-order chi connectivity index (χ1) is 10.1. The fraction of sp³-hybridized carbons (Fsp3) is 0.400. The van der Waals surface area contributed by atoms with E-state index in [1.54, 1.807) is 34.9 Å². The highest BCUT2D eigenvalue weighted by Gasteiger charge is 2.33. The Balaban J connectivity index is 2.12. The van der Waals surface area contributed by atoms with E-state index < -0.39 is 10.0 Å². The van der Waals surface area contributed by atoms with Gasteiger partial charge in [-0.1, -0.05) is 34.5 Å². The first-order valence-corrected chi connectivity index (χ1v) is 9.61. The van der Waals surface area contributed by atoms with Crippen LogP contribution in [-0.2, 0) is 10.0 Å². The Kier molecular flexibility index (Phi) is 4.28. The van der Waals surface area contributed by atoms with E-state index in [2.05, 4.69) is 20.9 Å². The van der Waals surface area contributed by atoms with Crippen molar-refractivity contribution in [2.24, 2.45) is 0 Å². The normalized spacial score (nSPS) is 20.7. The van der Waals surface area contributed by atoms with E-state index in [9.17, 15) is 8.42 Å². The number of fused-ring (bicyclic) bond motifs is 1. The molecule has 112 valence electrons. The van der Waals surface area contributed by atoms with E-state index in [-0.39, 0.29) is 6.04 Å². The van der Waals surface area contributed by atoms with Gasteiger partial charge in [0.05, 0.1) is 4.90 Å². The lowest BCUT2D eigenvalue weighted by atomic mass is 10.1. The summed E-state index contributed by atoms with van der Waals surface area (Å²) in [6.07, 6.45) is 6.26. The van der Waals surface area contributed by atoms with E-state index in [0.29, 0.717) is 16.8 Å². The van der Waals surface area contributed by atoms with Crippen LogP contribution in [0.2, 0.25) is 0 Å². The molecule has 6 heteroatoms. The maximum Gasteiger partial charge on any atom is 0.243 e. The van der Waals surface area contributed by atoms with E-state index >= 15 is 0 Å². The molecule has 2 heterocycles. The molecule has 1 unspecified atom stereocenters. The van der Waals surface area contributed by atoms with Gasteiger partial charge in [0.2, 0.25) is 10.0 Å². The summed E-state index contributed by atoms with van der Waals surface area (Å²) in [7, 11) is -3.47. The predicted molar refractivity (Wildman–Crippen MR) is 87.1 cm³/mol. The minimum absolute atomic E-state index is 0.0424. The van der Waals surface area contributed by atoms with Crippen LogP contribution in [0.1, 0.15) is 19.3 Å². The summed E-state index contributed by atoms with van der Waals surface area (Å²) in [4.78, 5) is 4.45. The number of alkyl halides is 1. The van der Waals surface area contributed by atoms with Crippen LogP contribution >= 0.6 is 15.9 Å². The number of piperidine rings is 1. The maximum absolute atomic E-state index is 13.1. The van der Waals surface area contributed by atoms with Gasteiger partial charge in [-0.3, -0.25) is 4.98 Å². The number of nitrogens with zero attached hydrogens (tertiary/aromatic N) is 2. The Bertz CT molecular complexity index is 743. The van der Waals surface area contributed by atoms with Crippen molar-refractivity contribution in [2.75, 3.05) is 11.9 Å². The third-order valence-electron chi connectivity index (χ3n) is 3.98. The number of benzene rings is 1. The van der Waals surface area contributed by atoms with Gasteiger partial charge >= 0.3 is 0 Å². The Morgan fingerprint density at radius 2 is 2.14 bits per heavy atom. The van der Waals surface area contributed by atoms with Crippen LogP contribution in [0.3, 0.4) is 0 Å². The van der Waals surface area contributed by atoms with Crippen molar-refractivity contribution in [1.29, 1.82) is 0 Å². The minimum Gasteiger partial charge on any atom is -0.264 e. The smallest absolute Gasteiger partial charge is 0.243 e. The molecule has 0 amide bonds. The van der Waals surface area contributed by atoms with Crippen LogP contribution in [0.4, 0.5) is 0 Å². The Morgan fingerprint density at radius 1 is 1.29 bits per heavy atom. The zero-order chi connectivity index (χ0) is 14.9.